The Morgan fingerprint density at radius 3 is 2.88 bits per heavy atom. The molecule has 0 saturated carbocycles. The summed E-state index contributed by atoms with van der Waals surface area (Å²) in [7, 11) is 2.19. The average Bonchev–Trinajstić information content (AvgIpc) is 2.27. The Labute approximate surface area is 97.1 Å². The number of hydrogen-bond donors (Lipinski definition) is 1. The van der Waals surface area contributed by atoms with Gasteiger partial charge in [0.25, 0.3) is 0 Å². The number of piperazine rings is 1. The first-order valence-electron chi connectivity index (χ1n) is 5.78. The first kappa shape index (κ1) is 11.4. The summed E-state index contributed by atoms with van der Waals surface area (Å²) in [6.45, 7) is 6.65. The Balaban J connectivity index is 1.93. The van der Waals surface area contributed by atoms with Crippen LogP contribution in [0.5, 0.6) is 0 Å². The van der Waals surface area contributed by atoms with E-state index in [2.05, 4.69) is 34.8 Å². The fourth-order valence-corrected chi connectivity index (χ4v) is 2.06. The topological polar surface area (TPSA) is 45.4 Å². The number of rotatable bonds is 2. The number of nitrogens with two attached hydrogens (primary N) is 1. The molecule has 16 heavy (non-hydrogen) atoms. The Bertz CT molecular complexity index is 335. The minimum absolute atomic E-state index is 0.593. The fraction of sp³-hybridized carbons (Fsp3) is 0.583. The lowest BCUT2D eigenvalue weighted by Gasteiger charge is -2.37. The summed E-state index contributed by atoms with van der Waals surface area (Å²) in [6.07, 6.45) is 1.87. The van der Waals surface area contributed by atoms with Crippen LogP contribution < -0.4 is 5.73 Å². The summed E-state index contributed by atoms with van der Waals surface area (Å²) in [6, 6.07) is 4.57. The van der Waals surface area contributed by atoms with Gasteiger partial charge in [0.15, 0.2) is 0 Å². The van der Waals surface area contributed by atoms with Gasteiger partial charge in [-0.3, -0.25) is 4.90 Å². The zero-order valence-corrected chi connectivity index (χ0v) is 10.1. The molecule has 88 valence electrons. The molecule has 1 aliphatic heterocycles. The van der Waals surface area contributed by atoms with Gasteiger partial charge in [0, 0.05) is 38.4 Å². The first-order valence-corrected chi connectivity index (χ1v) is 5.78. The van der Waals surface area contributed by atoms with Crippen LogP contribution >= 0.6 is 0 Å². The number of pyridine rings is 1. The molecule has 0 amide bonds. The van der Waals surface area contributed by atoms with Crippen LogP contribution in [0.15, 0.2) is 18.3 Å². The highest BCUT2D eigenvalue weighted by Crippen LogP contribution is 2.11. The van der Waals surface area contributed by atoms with Gasteiger partial charge >= 0.3 is 0 Å². The maximum absolute atomic E-state index is 5.57. The van der Waals surface area contributed by atoms with Crippen LogP contribution in [-0.2, 0) is 6.54 Å². The first-order chi connectivity index (χ1) is 7.65. The molecule has 0 aliphatic carbocycles. The number of aromatic nitrogens is 1. The van der Waals surface area contributed by atoms with E-state index < -0.39 is 0 Å². The predicted molar refractivity (Wildman–Crippen MR) is 66.0 cm³/mol. The van der Waals surface area contributed by atoms with Crippen LogP contribution in [-0.4, -0.2) is 47.5 Å². The average molecular weight is 220 g/mol. The molecule has 1 fully saturated rings. The van der Waals surface area contributed by atoms with Crippen molar-refractivity contribution in [3.05, 3.63) is 23.9 Å². The van der Waals surface area contributed by atoms with Crippen molar-refractivity contribution in [2.75, 3.05) is 32.4 Å². The molecular formula is C12H20N4. The molecule has 2 N–H and O–H groups in total. The highest BCUT2D eigenvalue weighted by molar-refractivity contribution is 5.29. The zero-order chi connectivity index (χ0) is 11.5. The molecule has 1 aliphatic rings. The Morgan fingerprint density at radius 1 is 1.44 bits per heavy atom. The van der Waals surface area contributed by atoms with Gasteiger partial charge in [-0.05, 0) is 25.6 Å². The molecular weight excluding hydrogens is 200 g/mol. The minimum atomic E-state index is 0.593. The number of nitrogen functional groups attached to an aromatic ring is 1. The van der Waals surface area contributed by atoms with E-state index in [1.165, 1.54) is 5.56 Å². The van der Waals surface area contributed by atoms with Crippen molar-refractivity contribution in [3.63, 3.8) is 0 Å². The number of anilines is 1. The highest BCUT2D eigenvalue weighted by atomic mass is 15.3. The van der Waals surface area contributed by atoms with Gasteiger partial charge in [-0.25, -0.2) is 4.98 Å². The normalized spacial score (nSPS) is 23.5. The molecule has 1 atom stereocenters. The van der Waals surface area contributed by atoms with E-state index in [9.17, 15) is 0 Å². The molecule has 0 aromatic carbocycles. The van der Waals surface area contributed by atoms with Crippen molar-refractivity contribution in [1.82, 2.24) is 14.8 Å². The zero-order valence-electron chi connectivity index (χ0n) is 10.1. The summed E-state index contributed by atoms with van der Waals surface area (Å²) >= 11 is 0. The largest absolute Gasteiger partial charge is 0.384 e. The van der Waals surface area contributed by atoms with E-state index in [1.807, 2.05) is 12.3 Å². The highest BCUT2D eigenvalue weighted by Gasteiger charge is 2.20. The predicted octanol–water partition coefficient (Wildman–Crippen LogP) is 0.800. The standard InChI is InChI=1S/C12H20N4/c1-10-8-16(6-5-15(10)2)9-11-3-4-12(13)14-7-11/h3-4,7,10H,5-6,8-9H2,1-2H3,(H2,13,14)/t10-/m1/s1. The van der Waals surface area contributed by atoms with Crippen molar-refractivity contribution < 1.29 is 0 Å². The third-order valence-corrected chi connectivity index (χ3v) is 3.30. The second kappa shape index (κ2) is 4.80. The van der Waals surface area contributed by atoms with E-state index in [-0.39, 0.29) is 0 Å². The molecule has 2 heterocycles. The number of nitrogens with zero attached hydrogens (tertiary/aromatic N) is 3. The van der Waals surface area contributed by atoms with Crippen LogP contribution in [0.2, 0.25) is 0 Å². The quantitative estimate of drug-likeness (QED) is 0.801. The molecule has 0 unspecified atom stereocenters. The van der Waals surface area contributed by atoms with Gasteiger partial charge in [-0.1, -0.05) is 6.07 Å². The van der Waals surface area contributed by atoms with Crippen molar-refractivity contribution in [2.24, 2.45) is 0 Å². The van der Waals surface area contributed by atoms with E-state index in [0.717, 1.165) is 26.2 Å². The van der Waals surface area contributed by atoms with Gasteiger partial charge < -0.3 is 10.6 Å². The molecule has 1 saturated heterocycles. The Morgan fingerprint density at radius 2 is 2.25 bits per heavy atom. The number of likely N-dealkylation sites (N-methyl/N-ethyl adjacent to an activating group) is 1. The summed E-state index contributed by atoms with van der Waals surface area (Å²) < 4.78 is 0. The van der Waals surface area contributed by atoms with E-state index in [1.54, 1.807) is 0 Å². The molecule has 1 aromatic heterocycles. The molecule has 0 bridgehead atoms. The molecule has 0 spiro atoms. The molecule has 0 radical (unpaired) electrons. The summed E-state index contributed by atoms with van der Waals surface area (Å²) in [5.41, 5.74) is 6.81. The van der Waals surface area contributed by atoms with E-state index in [4.69, 9.17) is 5.73 Å². The van der Waals surface area contributed by atoms with Crippen LogP contribution in [0.3, 0.4) is 0 Å². The lowest BCUT2D eigenvalue weighted by molar-refractivity contribution is 0.0999. The van der Waals surface area contributed by atoms with E-state index >= 15 is 0 Å². The monoisotopic (exact) mass is 220 g/mol. The summed E-state index contributed by atoms with van der Waals surface area (Å²) in [4.78, 5) is 8.99. The SMILES string of the molecule is C[C@@H]1CN(Cc2ccc(N)nc2)CCN1C. The van der Waals surface area contributed by atoms with Gasteiger partial charge in [-0.15, -0.1) is 0 Å². The third-order valence-electron chi connectivity index (χ3n) is 3.30. The molecule has 4 nitrogen and oxygen atoms in total. The van der Waals surface area contributed by atoms with E-state index in [0.29, 0.717) is 11.9 Å². The Kier molecular flexibility index (Phi) is 3.41. The van der Waals surface area contributed by atoms with Crippen LogP contribution in [0.25, 0.3) is 0 Å². The van der Waals surface area contributed by atoms with Gasteiger partial charge in [-0.2, -0.15) is 0 Å². The third kappa shape index (κ3) is 2.71. The van der Waals surface area contributed by atoms with Crippen molar-refractivity contribution in [3.8, 4) is 0 Å². The molecule has 2 rings (SSSR count). The molecule has 1 aromatic rings. The molecule has 4 heteroatoms. The number of hydrogen-bond acceptors (Lipinski definition) is 4. The van der Waals surface area contributed by atoms with Crippen molar-refractivity contribution in [2.45, 2.75) is 19.5 Å². The smallest absolute Gasteiger partial charge is 0.123 e. The lowest BCUT2D eigenvalue weighted by Crippen LogP contribution is -2.49. The van der Waals surface area contributed by atoms with Crippen LogP contribution in [0, 0.1) is 0 Å². The lowest BCUT2D eigenvalue weighted by atomic mass is 10.2. The fourth-order valence-electron chi connectivity index (χ4n) is 2.06. The maximum atomic E-state index is 5.57. The van der Waals surface area contributed by atoms with Gasteiger partial charge in [0.05, 0.1) is 0 Å². The minimum Gasteiger partial charge on any atom is -0.384 e. The second-order valence-corrected chi connectivity index (χ2v) is 4.66. The van der Waals surface area contributed by atoms with Crippen LogP contribution in [0.1, 0.15) is 12.5 Å². The Hall–Kier alpha value is -1.13. The van der Waals surface area contributed by atoms with Gasteiger partial charge in [0.2, 0.25) is 0 Å². The maximum Gasteiger partial charge on any atom is 0.123 e. The summed E-state index contributed by atoms with van der Waals surface area (Å²) in [5, 5.41) is 0. The summed E-state index contributed by atoms with van der Waals surface area (Å²) in [5.74, 6) is 0.593. The van der Waals surface area contributed by atoms with Crippen molar-refractivity contribution in [1.29, 1.82) is 0 Å². The van der Waals surface area contributed by atoms with Gasteiger partial charge in [0.1, 0.15) is 5.82 Å². The van der Waals surface area contributed by atoms with Crippen LogP contribution in [0.4, 0.5) is 5.82 Å². The van der Waals surface area contributed by atoms with Crippen molar-refractivity contribution >= 4 is 5.82 Å². The second-order valence-electron chi connectivity index (χ2n) is 4.66.